The Morgan fingerprint density at radius 1 is 1.09 bits per heavy atom. The number of carbonyl (C=O) groups is 2. The molecule has 0 saturated carbocycles. The lowest BCUT2D eigenvalue weighted by Crippen LogP contribution is -2.57. The van der Waals surface area contributed by atoms with Crippen molar-refractivity contribution in [2.45, 2.75) is 57.7 Å². The van der Waals surface area contributed by atoms with Crippen LogP contribution in [-0.4, -0.2) is 91.9 Å². The number of amides is 2. The van der Waals surface area contributed by atoms with Crippen molar-refractivity contribution in [2.75, 3.05) is 58.9 Å². The largest absolute Gasteiger partial charge is 0.494 e. The predicted molar refractivity (Wildman–Crippen MR) is 160 cm³/mol. The molecule has 0 radical (unpaired) electrons. The van der Waals surface area contributed by atoms with Crippen LogP contribution in [0.15, 0.2) is 36.4 Å². The topological polar surface area (TPSA) is 95.4 Å². The molecule has 44 heavy (non-hydrogen) atoms. The standard InChI is InChI=1S/C32H43F3N4O5/c1-6-44-24-9-7-8-23(20-24)31(42,32(33,34)35)29(41)39-16-12-22(13-17-39)21-30(2)14-18-38(19-15-30)26-11-10-25(27(36-26)43-5)28(40)37(3)4/h7-11,20,22,42H,6,12-19,21H2,1-5H3/t31-/m1/s1. The molecule has 0 aliphatic carbocycles. The van der Waals surface area contributed by atoms with Crippen molar-refractivity contribution in [1.82, 2.24) is 14.8 Å². The van der Waals surface area contributed by atoms with Crippen molar-refractivity contribution < 1.29 is 37.3 Å². The highest BCUT2D eigenvalue weighted by molar-refractivity contribution is 5.96. The fourth-order valence-electron chi connectivity index (χ4n) is 6.30. The molecule has 2 amide bonds. The average Bonchev–Trinajstić information content (AvgIpc) is 3.00. The van der Waals surface area contributed by atoms with Gasteiger partial charge < -0.3 is 29.3 Å². The molecule has 1 aromatic carbocycles. The van der Waals surface area contributed by atoms with Gasteiger partial charge in [0.25, 0.3) is 17.4 Å². The lowest BCUT2D eigenvalue weighted by Gasteiger charge is -2.44. The molecule has 12 heteroatoms. The molecule has 2 aliphatic heterocycles. The molecule has 1 N–H and O–H groups in total. The first-order valence-corrected chi connectivity index (χ1v) is 15.1. The monoisotopic (exact) mass is 620 g/mol. The Balaban J connectivity index is 1.36. The first-order valence-electron chi connectivity index (χ1n) is 15.1. The van der Waals surface area contributed by atoms with E-state index in [1.54, 1.807) is 27.1 Å². The van der Waals surface area contributed by atoms with E-state index in [0.29, 0.717) is 18.4 Å². The highest BCUT2D eigenvalue weighted by atomic mass is 19.4. The van der Waals surface area contributed by atoms with Crippen LogP contribution in [0.25, 0.3) is 0 Å². The molecule has 1 aromatic heterocycles. The zero-order valence-electron chi connectivity index (χ0n) is 26.1. The van der Waals surface area contributed by atoms with Gasteiger partial charge in [-0.25, -0.2) is 0 Å². The molecular formula is C32H43F3N4O5. The quantitative estimate of drug-likeness (QED) is 0.427. The van der Waals surface area contributed by atoms with E-state index in [1.165, 1.54) is 24.1 Å². The Labute approximate surface area is 256 Å². The summed E-state index contributed by atoms with van der Waals surface area (Å²) >= 11 is 0. The number of hydrogen-bond acceptors (Lipinski definition) is 7. The minimum Gasteiger partial charge on any atom is -0.494 e. The number of halogens is 3. The number of piperidine rings is 2. The molecule has 2 aromatic rings. The summed E-state index contributed by atoms with van der Waals surface area (Å²) in [5.74, 6) is -0.0861. The van der Waals surface area contributed by atoms with Gasteiger partial charge in [-0.15, -0.1) is 0 Å². The number of likely N-dealkylation sites (tertiary alicyclic amines) is 1. The van der Waals surface area contributed by atoms with Gasteiger partial charge in [0.2, 0.25) is 5.88 Å². The average molecular weight is 621 g/mol. The van der Waals surface area contributed by atoms with Crippen molar-refractivity contribution in [3.05, 3.63) is 47.5 Å². The maximum absolute atomic E-state index is 14.3. The molecule has 2 fully saturated rings. The molecule has 2 saturated heterocycles. The van der Waals surface area contributed by atoms with Crippen LogP contribution in [0.5, 0.6) is 11.6 Å². The maximum Gasteiger partial charge on any atom is 0.430 e. The SMILES string of the molecule is CCOc1cccc([C@@](O)(C(=O)N2CCC(CC3(C)CCN(c4ccc(C(=O)N(C)C)c(OC)n4)CC3)CC2)C(F)(F)F)c1. The van der Waals surface area contributed by atoms with Gasteiger partial charge in [0, 0.05) is 45.8 Å². The molecule has 3 heterocycles. The predicted octanol–water partition coefficient (Wildman–Crippen LogP) is 4.88. The van der Waals surface area contributed by atoms with Crippen molar-refractivity contribution in [1.29, 1.82) is 0 Å². The van der Waals surface area contributed by atoms with Crippen LogP contribution >= 0.6 is 0 Å². The molecule has 0 unspecified atom stereocenters. The second-order valence-electron chi connectivity index (χ2n) is 12.3. The van der Waals surface area contributed by atoms with E-state index in [2.05, 4.69) is 16.8 Å². The normalized spacial score (nSPS) is 18.8. The Hall–Kier alpha value is -3.54. The summed E-state index contributed by atoms with van der Waals surface area (Å²) in [7, 11) is 4.84. The lowest BCUT2D eigenvalue weighted by molar-refractivity contribution is -0.262. The van der Waals surface area contributed by atoms with Gasteiger partial charge in [0.05, 0.1) is 13.7 Å². The molecular weight excluding hydrogens is 577 g/mol. The Kier molecular flexibility index (Phi) is 10.0. The van der Waals surface area contributed by atoms with Gasteiger partial charge >= 0.3 is 6.18 Å². The van der Waals surface area contributed by atoms with E-state index in [1.807, 2.05) is 6.07 Å². The van der Waals surface area contributed by atoms with Crippen LogP contribution in [0.4, 0.5) is 19.0 Å². The van der Waals surface area contributed by atoms with Gasteiger partial charge in [-0.1, -0.05) is 19.1 Å². The van der Waals surface area contributed by atoms with Gasteiger partial charge in [-0.05, 0) is 74.6 Å². The van der Waals surface area contributed by atoms with Gasteiger partial charge in [0.15, 0.2) is 0 Å². The van der Waals surface area contributed by atoms with Crippen molar-refractivity contribution in [3.8, 4) is 11.6 Å². The summed E-state index contributed by atoms with van der Waals surface area (Å²) in [6.07, 6.45) is -1.36. The van der Waals surface area contributed by atoms with Crippen molar-refractivity contribution in [3.63, 3.8) is 0 Å². The van der Waals surface area contributed by atoms with Crippen LogP contribution in [0.1, 0.15) is 61.9 Å². The molecule has 9 nitrogen and oxygen atoms in total. The molecule has 242 valence electrons. The van der Waals surface area contributed by atoms with Gasteiger partial charge in [-0.3, -0.25) is 9.59 Å². The van der Waals surface area contributed by atoms with Crippen molar-refractivity contribution in [2.24, 2.45) is 11.3 Å². The maximum atomic E-state index is 14.3. The third-order valence-electron chi connectivity index (χ3n) is 8.94. The summed E-state index contributed by atoms with van der Waals surface area (Å²) in [4.78, 5) is 35.1. The number of aliphatic hydroxyl groups is 1. The summed E-state index contributed by atoms with van der Waals surface area (Å²) in [5, 5.41) is 10.9. The minimum absolute atomic E-state index is 0.0324. The van der Waals surface area contributed by atoms with Crippen LogP contribution in [0.2, 0.25) is 0 Å². The summed E-state index contributed by atoms with van der Waals surface area (Å²) in [5.41, 5.74) is -3.76. The zero-order valence-corrected chi connectivity index (χ0v) is 26.1. The third kappa shape index (κ3) is 6.90. The molecule has 0 bridgehead atoms. The molecule has 0 spiro atoms. The number of pyridine rings is 1. The van der Waals surface area contributed by atoms with E-state index in [-0.39, 0.29) is 48.6 Å². The number of aromatic nitrogens is 1. The highest BCUT2D eigenvalue weighted by Gasteiger charge is 2.62. The first-order chi connectivity index (χ1) is 20.7. The van der Waals surface area contributed by atoms with Crippen LogP contribution < -0.4 is 14.4 Å². The number of methoxy groups -OCH3 is 1. The van der Waals surface area contributed by atoms with E-state index in [9.17, 15) is 27.9 Å². The van der Waals surface area contributed by atoms with Crippen LogP contribution in [-0.2, 0) is 10.4 Å². The summed E-state index contributed by atoms with van der Waals surface area (Å²) in [6.45, 7) is 6.01. The van der Waals surface area contributed by atoms with Crippen molar-refractivity contribution >= 4 is 17.6 Å². The summed E-state index contributed by atoms with van der Waals surface area (Å²) in [6, 6.07) is 8.60. The molecule has 2 aliphatic rings. The molecule has 1 atom stereocenters. The zero-order chi connectivity index (χ0) is 32.3. The van der Waals surface area contributed by atoms with Crippen LogP contribution in [0.3, 0.4) is 0 Å². The second-order valence-corrected chi connectivity index (χ2v) is 12.3. The van der Waals surface area contributed by atoms with Gasteiger partial charge in [0.1, 0.15) is 17.1 Å². The Morgan fingerprint density at radius 3 is 2.32 bits per heavy atom. The molecule has 4 rings (SSSR count). The lowest BCUT2D eigenvalue weighted by atomic mass is 9.71. The number of hydrogen-bond donors (Lipinski definition) is 1. The van der Waals surface area contributed by atoms with Gasteiger partial charge in [-0.2, -0.15) is 18.2 Å². The minimum atomic E-state index is -5.20. The van der Waals surface area contributed by atoms with E-state index in [4.69, 9.17) is 9.47 Å². The highest BCUT2D eigenvalue weighted by Crippen LogP contribution is 2.44. The Bertz CT molecular complexity index is 1320. The third-order valence-corrected chi connectivity index (χ3v) is 8.94. The second kappa shape index (κ2) is 13.2. The fraction of sp³-hybridized carbons (Fsp3) is 0.594. The van der Waals surface area contributed by atoms with E-state index < -0.39 is 23.2 Å². The summed E-state index contributed by atoms with van der Waals surface area (Å²) < 4.78 is 53.5. The first kappa shape index (κ1) is 33.4. The number of anilines is 1. The van der Waals surface area contributed by atoms with E-state index in [0.717, 1.165) is 55.2 Å². The van der Waals surface area contributed by atoms with Crippen LogP contribution in [0, 0.1) is 11.3 Å². The Morgan fingerprint density at radius 2 is 1.75 bits per heavy atom. The smallest absolute Gasteiger partial charge is 0.430 e. The number of benzene rings is 1. The fourth-order valence-corrected chi connectivity index (χ4v) is 6.30. The number of rotatable bonds is 9. The number of alkyl halides is 3. The number of carbonyl (C=O) groups excluding carboxylic acids is 2. The van der Waals surface area contributed by atoms with E-state index >= 15 is 0 Å². The number of nitrogens with zero attached hydrogens (tertiary/aromatic N) is 4. The number of ether oxygens (including phenoxy) is 2.